The minimum atomic E-state index is -0.205. The monoisotopic (exact) mass is 362 g/mol. The van der Waals surface area contributed by atoms with Crippen molar-refractivity contribution in [2.45, 2.75) is 20.1 Å². The number of pyridine rings is 1. The second kappa shape index (κ2) is 8.36. The molecule has 0 saturated carbocycles. The molecule has 3 aromatic rings. The Kier molecular flexibility index (Phi) is 5.71. The molecule has 0 unspecified atom stereocenters. The molecule has 0 aliphatic carbocycles. The number of aryl methyl sites for hydroxylation is 2. The maximum atomic E-state index is 12.3. The molecule has 5 heteroatoms. The Hall–Kier alpha value is -3.34. The van der Waals surface area contributed by atoms with Crippen molar-refractivity contribution in [2.75, 3.05) is 0 Å². The quantitative estimate of drug-likeness (QED) is 0.732. The van der Waals surface area contributed by atoms with Crippen LogP contribution in [0.25, 0.3) is 0 Å². The van der Waals surface area contributed by atoms with Gasteiger partial charge in [0.2, 0.25) is 5.43 Å². The normalized spacial score (nSPS) is 10.4. The van der Waals surface area contributed by atoms with Crippen molar-refractivity contribution >= 4 is 5.91 Å². The first kappa shape index (κ1) is 18.5. The molecule has 1 heterocycles. The van der Waals surface area contributed by atoms with Gasteiger partial charge in [0.1, 0.15) is 6.61 Å². The van der Waals surface area contributed by atoms with Crippen LogP contribution >= 0.6 is 0 Å². The smallest absolute Gasteiger partial charge is 0.251 e. The summed E-state index contributed by atoms with van der Waals surface area (Å²) < 4.78 is 7.44. The minimum Gasteiger partial charge on any atom is -0.483 e. The van der Waals surface area contributed by atoms with E-state index in [1.54, 1.807) is 16.8 Å². The third-order valence-corrected chi connectivity index (χ3v) is 4.25. The molecule has 0 spiro atoms. The first-order valence-corrected chi connectivity index (χ1v) is 8.74. The highest BCUT2D eigenvalue weighted by atomic mass is 16.5. The standard InChI is InChI=1S/C22H22N2O3/c1-16-7-6-10-18(11-16)22(26)23-13-19-12-20(25)21(14-24(19)2)27-15-17-8-4-3-5-9-17/h3-12,14H,13,15H2,1-2H3,(H,23,26). The number of carbonyl (C=O) groups excluding carboxylic acids is 1. The van der Waals surface area contributed by atoms with Gasteiger partial charge in [-0.05, 0) is 24.6 Å². The van der Waals surface area contributed by atoms with Gasteiger partial charge in [0, 0.05) is 24.4 Å². The number of benzene rings is 2. The van der Waals surface area contributed by atoms with E-state index in [1.165, 1.54) is 6.07 Å². The summed E-state index contributed by atoms with van der Waals surface area (Å²) in [5, 5.41) is 2.85. The Morgan fingerprint density at radius 3 is 2.59 bits per heavy atom. The van der Waals surface area contributed by atoms with Crippen molar-refractivity contribution in [2.24, 2.45) is 7.05 Å². The van der Waals surface area contributed by atoms with Gasteiger partial charge in [-0.1, -0.05) is 48.0 Å². The first-order valence-electron chi connectivity index (χ1n) is 8.74. The van der Waals surface area contributed by atoms with Gasteiger partial charge in [-0.2, -0.15) is 0 Å². The Bertz CT molecular complexity index is 994. The molecule has 5 nitrogen and oxygen atoms in total. The van der Waals surface area contributed by atoms with Crippen molar-refractivity contribution < 1.29 is 9.53 Å². The summed E-state index contributed by atoms with van der Waals surface area (Å²) in [5.74, 6) is 0.116. The van der Waals surface area contributed by atoms with Crippen molar-refractivity contribution in [3.63, 3.8) is 0 Å². The number of nitrogens with zero attached hydrogens (tertiary/aromatic N) is 1. The highest BCUT2D eigenvalue weighted by Gasteiger charge is 2.09. The lowest BCUT2D eigenvalue weighted by molar-refractivity contribution is 0.0950. The van der Waals surface area contributed by atoms with E-state index in [-0.39, 0.29) is 23.6 Å². The molecule has 27 heavy (non-hydrogen) atoms. The zero-order valence-electron chi connectivity index (χ0n) is 15.4. The van der Waals surface area contributed by atoms with Crippen LogP contribution in [0.5, 0.6) is 5.75 Å². The number of rotatable bonds is 6. The molecule has 2 aromatic carbocycles. The van der Waals surface area contributed by atoms with Gasteiger partial charge in [-0.25, -0.2) is 0 Å². The van der Waals surface area contributed by atoms with Gasteiger partial charge >= 0.3 is 0 Å². The molecule has 1 amide bonds. The fourth-order valence-corrected chi connectivity index (χ4v) is 2.73. The van der Waals surface area contributed by atoms with Gasteiger partial charge in [0.15, 0.2) is 5.75 Å². The van der Waals surface area contributed by atoms with Crippen molar-refractivity contribution in [3.8, 4) is 5.75 Å². The summed E-state index contributed by atoms with van der Waals surface area (Å²) >= 11 is 0. The van der Waals surface area contributed by atoms with Crippen LogP contribution < -0.4 is 15.5 Å². The Balaban J connectivity index is 1.66. The second-order valence-electron chi connectivity index (χ2n) is 6.43. The molecule has 1 N–H and O–H groups in total. The second-order valence-corrected chi connectivity index (χ2v) is 6.43. The summed E-state index contributed by atoms with van der Waals surface area (Å²) in [5.41, 5.74) is 3.11. The molecule has 3 rings (SSSR count). The van der Waals surface area contributed by atoms with Crippen LogP contribution in [0, 0.1) is 6.92 Å². The fourth-order valence-electron chi connectivity index (χ4n) is 2.73. The Labute approximate surface area is 158 Å². The highest BCUT2D eigenvalue weighted by molar-refractivity contribution is 5.94. The summed E-state index contributed by atoms with van der Waals surface area (Å²) in [7, 11) is 1.82. The predicted molar refractivity (Wildman–Crippen MR) is 105 cm³/mol. The first-order chi connectivity index (χ1) is 13.0. The minimum absolute atomic E-state index is 0.171. The molecule has 0 saturated heterocycles. The Morgan fingerprint density at radius 2 is 1.85 bits per heavy atom. The van der Waals surface area contributed by atoms with E-state index in [4.69, 9.17) is 4.74 Å². The van der Waals surface area contributed by atoms with E-state index >= 15 is 0 Å². The summed E-state index contributed by atoms with van der Waals surface area (Å²) in [6.07, 6.45) is 1.65. The largest absolute Gasteiger partial charge is 0.483 e. The zero-order chi connectivity index (χ0) is 19.2. The van der Waals surface area contributed by atoms with Crippen LogP contribution in [0.4, 0.5) is 0 Å². The summed E-state index contributed by atoms with van der Waals surface area (Å²) in [6.45, 7) is 2.53. The lowest BCUT2D eigenvalue weighted by Gasteiger charge is -2.13. The molecule has 0 aliphatic heterocycles. The summed E-state index contributed by atoms with van der Waals surface area (Å²) in [4.78, 5) is 24.6. The number of hydrogen-bond donors (Lipinski definition) is 1. The Morgan fingerprint density at radius 1 is 1.07 bits per heavy atom. The number of aromatic nitrogens is 1. The molecule has 138 valence electrons. The van der Waals surface area contributed by atoms with Crippen molar-refractivity contribution in [1.82, 2.24) is 9.88 Å². The SMILES string of the molecule is Cc1cccc(C(=O)NCc2cc(=O)c(OCc3ccccc3)cn2C)c1. The van der Waals surface area contributed by atoms with Crippen LogP contribution in [0.2, 0.25) is 0 Å². The maximum Gasteiger partial charge on any atom is 0.251 e. The summed E-state index contributed by atoms with van der Waals surface area (Å²) in [6, 6.07) is 18.6. The third-order valence-electron chi connectivity index (χ3n) is 4.25. The number of amides is 1. The van der Waals surface area contributed by atoms with Gasteiger partial charge < -0.3 is 14.6 Å². The molecule has 1 aromatic heterocycles. The van der Waals surface area contributed by atoms with Crippen LogP contribution in [-0.2, 0) is 20.2 Å². The van der Waals surface area contributed by atoms with Gasteiger partial charge in [-0.15, -0.1) is 0 Å². The maximum absolute atomic E-state index is 12.3. The number of nitrogens with one attached hydrogen (secondary N) is 1. The lowest BCUT2D eigenvalue weighted by atomic mass is 10.1. The van der Waals surface area contributed by atoms with Crippen LogP contribution in [0.15, 0.2) is 71.7 Å². The van der Waals surface area contributed by atoms with Crippen molar-refractivity contribution in [1.29, 1.82) is 0 Å². The van der Waals surface area contributed by atoms with Crippen LogP contribution in [-0.4, -0.2) is 10.5 Å². The molecular formula is C22H22N2O3. The molecule has 0 bridgehead atoms. The van der Waals surface area contributed by atoms with Gasteiger partial charge in [-0.3, -0.25) is 9.59 Å². The van der Waals surface area contributed by atoms with Gasteiger partial charge in [0.25, 0.3) is 5.91 Å². The molecule has 0 fully saturated rings. The van der Waals surface area contributed by atoms with E-state index in [1.807, 2.05) is 62.5 Å². The highest BCUT2D eigenvalue weighted by Crippen LogP contribution is 2.10. The van der Waals surface area contributed by atoms with Crippen molar-refractivity contribution in [3.05, 3.63) is 99.5 Å². The fraction of sp³-hybridized carbons (Fsp3) is 0.182. The van der Waals surface area contributed by atoms with E-state index in [0.717, 1.165) is 11.1 Å². The average Bonchev–Trinajstić information content (AvgIpc) is 2.67. The number of hydrogen-bond acceptors (Lipinski definition) is 3. The zero-order valence-corrected chi connectivity index (χ0v) is 15.4. The van der Waals surface area contributed by atoms with E-state index in [9.17, 15) is 9.59 Å². The molecule has 0 aliphatic rings. The number of carbonyl (C=O) groups is 1. The van der Waals surface area contributed by atoms with Crippen LogP contribution in [0.1, 0.15) is 27.2 Å². The van der Waals surface area contributed by atoms with Gasteiger partial charge in [0.05, 0.1) is 12.7 Å². The lowest BCUT2D eigenvalue weighted by Crippen LogP contribution is -2.25. The average molecular weight is 362 g/mol. The van der Waals surface area contributed by atoms with Crippen LogP contribution in [0.3, 0.4) is 0 Å². The molecule has 0 radical (unpaired) electrons. The predicted octanol–water partition coefficient (Wildman–Crippen LogP) is 3.20. The third kappa shape index (κ3) is 4.85. The van der Waals surface area contributed by atoms with E-state index in [2.05, 4.69) is 5.32 Å². The topological polar surface area (TPSA) is 60.3 Å². The number of ether oxygens (including phenoxy) is 1. The van der Waals surface area contributed by atoms with E-state index in [0.29, 0.717) is 17.9 Å². The molecule has 0 atom stereocenters. The molecular weight excluding hydrogens is 340 g/mol. The van der Waals surface area contributed by atoms with E-state index < -0.39 is 0 Å².